The van der Waals surface area contributed by atoms with Crippen LogP contribution in [0.1, 0.15) is 17.5 Å². The number of carbonyl (C=O) groups excluding carboxylic acids is 1. The molecule has 0 aliphatic rings. The van der Waals surface area contributed by atoms with Crippen LogP contribution in [0.4, 0.5) is 5.13 Å². The number of rotatable bonds is 8. The largest absolute Gasteiger partial charge is 0.493 e. The van der Waals surface area contributed by atoms with Crippen LogP contribution in [0.2, 0.25) is 0 Å². The molecule has 3 heterocycles. The van der Waals surface area contributed by atoms with Gasteiger partial charge in [-0.1, -0.05) is 30.0 Å². The number of para-hydroxylation sites is 1. The Morgan fingerprint density at radius 2 is 2.22 bits per heavy atom. The van der Waals surface area contributed by atoms with E-state index in [2.05, 4.69) is 27.1 Å². The molecule has 0 bridgehead atoms. The van der Waals surface area contributed by atoms with Gasteiger partial charge in [-0.15, -0.1) is 28.1 Å². The van der Waals surface area contributed by atoms with Crippen LogP contribution in [-0.4, -0.2) is 38.0 Å². The predicted octanol–water partition coefficient (Wildman–Crippen LogP) is 5.08. The second-order valence-corrected chi connectivity index (χ2v) is 9.62. The van der Waals surface area contributed by atoms with E-state index in [1.54, 1.807) is 13.2 Å². The number of carbonyl (C=O) groups is 1. The van der Waals surface area contributed by atoms with Crippen molar-refractivity contribution in [2.75, 3.05) is 12.4 Å². The number of thiazole rings is 1. The fourth-order valence-corrected chi connectivity index (χ4v) is 4.78. The number of allylic oxidation sites excluding steroid dienone is 1. The van der Waals surface area contributed by atoms with E-state index < -0.39 is 5.25 Å². The first-order chi connectivity index (χ1) is 15.4. The Morgan fingerprint density at radius 1 is 1.41 bits per heavy atom. The zero-order valence-corrected chi connectivity index (χ0v) is 19.8. The van der Waals surface area contributed by atoms with Gasteiger partial charge in [0.05, 0.1) is 18.1 Å². The first-order valence-electron chi connectivity index (χ1n) is 9.93. The maximum absolute atomic E-state index is 12.7. The number of aryl methyl sites for hydroxylation is 2. The van der Waals surface area contributed by atoms with Gasteiger partial charge in [-0.25, -0.2) is 4.98 Å². The van der Waals surface area contributed by atoms with Crippen molar-refractivity contribution in [3.8, 4) is 17.3 Å². The zero-order chi connectivity index (χ0) is 22.8. The minimum Gasteiger partial charge on any atom is -0.493 e. The zero-order valence-electron chi connectivity index (χ0n) is 18.2. The number of nitrogens with zero attached hydrogens (tertiary/aromatic N) is 4. The van der Waals surface area contributed by atoms with Gasteiger partial charge in [0.1, 0.15) is 0 Å². The molecule has 0 aliphatic carbocycles. The van der Waals surface area contributed by atoms with Crippen LogP contribution in [0, 0.1) is 13.8 Å². The van der Waals surface area contributed by atoms with Gasteiger partial charge in [0, 0.05) is 16.8 Å². The molecule has 0 fully saturated rings. The topological polar surface area (TPSA) is 95.1 Å². The summed E-state index contributed by atoms with van der Waals surface area (Å²) in [5, 5.41) is 13.2. The van der Waals surface area contributed by atoms with Crippen molar-refractivity contribution < 1.29 is 13.9 Å². The fourth-order valence-electron chi connectivity index (χ4n) is 3.10. The Balaban J connectivity index is 1.59. The van der Waals surface area contributed by atoms with Crippen molar-refractivity contribution in [1.29, 1.82) is 0 Å². The van der Waals surface area contributed by atoms with Gasteiger partial charge in [0.25, 0.3) is 0 Å². The van der Waals surface area contributed by atoms with Gasteiger partial charge in [-0.05, 0) is 32.9 Å². The lowest BCUT2D eigenvalue weighted by Gasteiger charge is -2.11. The highest BCUT2D eigenvalue weighted by molar-refractivity contribution is 8.00. The molecule has 1 N–H and O–H groups in total. The molecule has 8 nitrogen and oxygen atoms in total. The summed E-state index contributed by atoms with van der Waals surface area (Å²) in [4.78, 5) is 18.2. The number of thioether (sulfide) groups is 1. The number of hydrogen-bond donors (Lipinski definition) is 1. The third-order valence-electron chi connectivity index (χ3n) is 4.89. The van der Waals surface area contributed by atoms with Crippen molar-refractivity contribution in [2.45, 2.75) is 37.7 Å². The van der Waals surface area contributed by atoms with Gasteiger partial charge in [0.2, 0.25) is 11.7 Å². The number of fused-ring (bicyclic) bond motifs is 1. The number of hydrogen-bond acceptors (Lipinski definition) is 8. The lowest BCUT2D eigenvalue weighted by Crippen LogP contribution is -2.22. The van der Waals surface area contributed by atoms with Crippen molar-refractivity contribution in [1.82, 2.24) is 19.7 Å². The summed E-state index contributed by atoms with van der Waals surface area (Å²) in [7, 11) is 1.60. The lowest BCUT2D eigenvalue weighted by atomic mass is 10.2. The third-order valence-corrected chi connectivity index (χ3v) is 6.96. The molecule has 0 aliphatic heterocycles. The number of furan rings is 1. The number of amides is 1. The standard InChI is InChI=1S/C22H23N5O3S2/c1-6-10-27-19(17-11-15-8-7-9-16(29-5)18(15)30-17)25-26-22(27)32-14(4)20(28)24-21-23-12(2)13(3)31-21/h6-9,11,14H,1,10H2,2-5H3,(H,23,24,28)/t14-/m1/s1. The Morgan fingerprint density at radius 3 is 2.91 bits per heavy atom. The first-order valence-corrected chi connectivity index (χ1v) is 11.6. The number of ether oxygens (including phenoxy) is 1. The molecule has 0 radical (unpaired) electrons. The van der Waals surface area contributed by atoms with E-state index in [4.69, 9.17) is 9.15 Å². The summed E-state index contributed by atoms with van der Waals surface area (Å²) in [6, 6.07) is 7.60. The van der Waals surface area contributed by atoms with Crippen LogP contribution in [0.3, 0.4) is 0 Å². The smallest absolute Gasteiger partial charge is 0.239 e. The highest BCUT2D eigenvalue weighted by Crippen LogP contribution is 2.34. The first kappa shape index (κ1) is 22.1. The number of anilines is 1. The molecule has 10 heteroatoms. The molecule has 0 saturated heterocycles. The van der Waals surface area contributed by atoms with E-state index in [1.807, 2.05) is 49.6 Å². The molecular weight excluding hydrogens is 446 g/mol. The molecule has 3 aromatic heterocycles. The Kier molecular flexibility index (Phi) is 6.33. The molecule has 166 valence electrons. The van der Waals surface area contributed by atoms with Gasteiger partial charge < -0.3 is 14.5 Å². The highest BCUT2D eigenvalue weighted by atomic mass is 32.2. The predicted molar refractivity (Wildman–Crippen MR) is 128 cm³/mol. The molecule has 4 rings (SSSR count). The van der Waals surface area contributed by atoms with Crippen LogP contribution in [0.15, 0.2) is 46.5 Å². The summed E-state index contributed by atoms with van der Waals surface area (Å²) < 4.78 is 13.3. The molecule has 1 aromatic carbocycles. The third kappa shape index (κ3) is 4.28. The van der Waals surface area contributed by atoms with E-state index in [-0.39, 0.29) is 5.91 Å². The Hall–Kier alpha value is -3.11. The number of aromatic nitrogens is 4. The van der Waals surface area contributed by atoms with Crippen molar-refractivity contribution in [3.63, 3.8) is 0 Å². The molecule has 32 heavy (non-hydrogen) atoms. The number of benzene rings is 1. The molecule has 0 spiro atoms. The maximum atomic E-state index is 12.7. The lowest BCUT2D eigenvalue weighted by molar-refractivity contribution is -0.115. The van der Waals surface area contributed by atoms with Crippen LogP contribution < -0.4 is 10.1 Å². The molecule has 0 unspecified atom stereocenters. The van der Waals surface area contributed by atoms with E-state index in [0.29, 0.717) is 39.7 Å². The summed E-state index contributed by atoms with van der Waals surface area (Å²) in [6.07, 6.45) is 1.76. The van der Waals surface area contributed by atoms with Gasteiger partial charge >= 0.3 is 0 Å². The Bertz CT molecular complexity index is 1270. The minimum absolute atomic E-state index is 0.146. The average molecular weight is 470 g/mol. The fraction of sp³-hybridized carbons (Fsp3) is 0.273. The summed E-state index contributed by atoms with van der Waals surface area (Å²) in [5.74, 6) is 1.63. The molecule has 1 amide bonds. The molecule has 4 aromatic rings. The quantitative estimate of drug-likeness (QED) is 0.284. The second-order valence-electron chi connectivity index (χ2n) is 7.10. The van der Waals surface area contributed by atoms with Crippen molar-refractivity contribution in [3.05, 3.63) is 47.5 Å². The van der Waals surface area contributed by atoms with Crippen molar-refractivity contribution >= 4 is 45.1 Å². The van der Waals surface area contributed by atoms with E-state index in [0.717, 1.165) is 16.0 Å². The van der Waals surface area contributed by atoms with E-state index in [9.17, 15) is 4.79 Å². The molecular formula is C22H23N5O3S2. The second kappa shape index (κ2) is 9.17. The Labute approximate surface area is 193 Å². The van der Waals surface area contributed by atoms with Crippen LogP contribution in [-0.2, 0) is 11.3 Å². The number of nitrogens with one attached hydrogen (secondary N) is 1. The van der Waals surface area contributed by atoms with Gasteiger partial charge in [0.15, 0.2) is 27.4 Å². The normalized spacial score (nSPS) is 12.1. The van der Waals surface area contributed by atoms with Crippen LogP contribution in [0.25, 0.3) is 22.6 Å². The summed E-state index contributed by atoms with van der Waals surface area (Å²) in [5.41, 5.74) is 1.57. The maximum Gasteiger partial charge on any atom is 0.239 e. The van der Waals surface area contributed by atoms with Gasteiger partial charge in [-0.3, -0.25) is 9.36 Å². The minimum atomic E-state index is -0.407. The highest BCUT2D eigenvalue weighted by Gasteiger charge is 2.23. The van der Waals surface area contributed by atoms with Gasteiger partial charge in [-0.2, -0.15) is 0 Å². The summed E-state index contributed by atoms with van der Waals surface area (Å²) >= 11 is 2.78. The van der Waals surface area contributed by atoms with Crippen molar-refractivity contribution in [2.24, 2.45) is 0 Å². The van der Waals surface area contributed by atoms with Crippen LogP contribution in [0.5, 0.6) is 5.75 Å². The SMILES string of the molecule is C=CCn1c(S[C@H](C)C(=O)Nc2nc(C)c(C)s2)nnc1-c1cc2cccc(OC)c2o1. The molecule has 0 saturated carbocycles. The van der Waals surface area contributed by atoms with E-state index >= 15 is 0 Å². The van der Waals surface area contributed by atoms with E-state index in [1.165, 1.54) is 23.1 Å². The monoisotopic (exact) mass is 469 g/mol. The summed E-state index contributed by atoms with van der Waals surface area (Å²) in [6.45, 7) is 10.0. The average Bonchev–Trinajstić information content (AvgIpc) is 3.45. The number of methoxy groups -OCH3 is 1. The molecule has 1 atom stereocenters. The van der Waals surface area contributed by atoms with Crippen LogP contribution >= 0.6 is 23.1 Å².